The Kier molecular flexibility index (Phi) is 4.55. The Hall–Kier alpha value is -2.11. The van der Waals surface area contributed by atoms with Gasteiger partial charge in [0.05, 0.1) is 6.54 Å². The Morgan fingerprint density at radius 1 is 1.30 bits per heavy atom. The minimum atomic E-state index is -0.403. The molecular weight excluding hydrogens is 254 g/mol. The van der Waals surface area contributed by atoms with Gasteiger partial charge in [-0.25, -0.2) is 5.84 Å². The summed E-state index contributed by atoms with van der Waals surface area (Å²) in [5.41, 5.74) is 4.10. The Morgan fingerprint density at radius 2 is 2.00 bits per heavy atom. The summed E-state index contributed by atoms with van der Waals surface area (Å²) in [4.78, 5) is 13.6. The highest BCUT2D eigenvalue weighted by Crippen LogP contribution is 2.16. The van der Waals surface area contributed by atoms with Crippen LogP contribution in [0.5, 0.6) is 0 Å². The minimum absolute atomic E-state index is 0.274. The number of hydrogen-bond donors (Lipinski definition) is 2. The van der Waals surface area contributed by atoms with Gasteiger partial charge in [-0.2, -0.15) is 0 Å². The van der Waals surface area contributed by atoms with Gasteiger partial charge in [-0.1, -0.05) is 30.3 Å². The molecule has 5 nitrogen and oxygen atoms in total. The van der Waals surface area contributed by atoms with Crippen LogP contribution in [-0.4, -0.2) is 17.9 Å². The molecule has 1 heterocycles. The summed E-state index contributed by atoms with van der Waals surface area (Å²) < 4.78 is 5.54. The Morgan fingerprint density at radius 3 is 2.65 bits per heavy atom. The number of nitrogen functional groups attached to an aromatic ring is 1. The second-order valence-electron chi connectivity index (χ2n) is 4.86. The molecular formula is C15H19N3O2. The van der Waals surface area contributed by atoms with E-state index in [1.165, 1.54) is 5.56 Å². The Balaban J connectivity index is 2.01. The summed E-state index contributed by atoms with van der Waals surface area (Å²) in [6, 6.07) is 12.1. The minimum Gasteiger partial charge on any atom is -0.454 e. The molecule has 20 heavy (non-hydrogen) atoms. The van der Waals surface area contributed by atoms with Crippen LogP contribution in [0.3, 0.4) is 0 Å². The van der Waals surface area contributed by atoms with Crippen molar-refractivity contribution in [3.63, 3.8) is 0 Å². The number of aryl methyl sites for hydroxylation is 1. The molecule has 1 aromatic heterocycles. The van der Waals surface area contributed by atoms with Crippen molar-refractivity contribution in [2.75, 3.05) is 7.05 Å². The number of nitrogens with two attached hydrogens (primary N) is 1. The zero-order chi connectivity index (χ0) is 14.5. The monoisotopic (exact) mass is 273 g/mol. The molecule has 3 N–H and O–H groups in total. The molecule has 0 aliphatic heterocycles. The molecule has 0 radical (unpaired) electrons. The van der Waals surface area contributed by atoms with E-state index in [1.807, 2.05) is 38.2 Å². The molecule has 0 saturated heterocycles. The lowest BCUT2D eigenvalue weighted by Crippen LogP contribution is -2.30. The van der Waals surface area contributed by atoms with Crippen molar-refractivity contribution in [3.05, 3.63) is 59.0 Å². The van der Waals surface area contributed by atoms with Crippen LogP contribution in [0.4, 0.5) is 0 Å². The first-order valence-corrected chi connectivity index (χ1v) is 6.43. The highest BCUT2D eigenvalue weighted by Gasteiger charge is 2.15. The summed E-state index contributed by atoms with van der Waals surface area (Å²) >= 11 is 0. The van der Waals surface area contributed by atoms with Crippen LogP contribution in [0, 0.1) is 6.92 Å². The second kappa shape index (κ2) is 6.36. The van der Waals surface area contributed by atoms with Crippen LogP contribution >= 0.6 is 0 Å². The topological polar surface area (TPSA) is 71.5 Å². The molecule has 5 heteroatoms. The predicted molar refractivity (Wildman–Crippen MR) is 76.7 cm³/mol. The van der Waals surface area contributed by atoms with Crippen molar-refractivity contribution < 1.29 is 9.21 Å². The van der Waals surface area contributed by atoms with E-state index in [2.05, 4.69) is 22.5 Å². The Labute approximate surface area is 118 Å². The number of carbonyl (C=O) groups excluding carboxylic acids is 1. The van der Waals surface area contributed by atoms with Gasteiger partial charge in [-0.15, -0.1) is 0 Å². The summed E-state index contributed by atoms with van der Waals surface area (Å²) in [6.07, 6.45) is 0. The number of carbonyl (C=O) groups is 1. The third kappa shape index (κ3) is 3.46. The van der Waals surface area contributed by atoms with E-state index in [0.29, 0.717) is 6.54 Å². The zero-order valence-electron chi connectivity index (χ0n) is 11.7. The maximum absolute atomic E-state index is 11.5. The average Bonchev–Trinajstić information content (AvgIpc) is 2.79. The normalized spacial score (nSPS) is 10.8. The molecule has 0 aliphatic carbocycles. The molecule has 0 aliphatic rings. The van der Waals surface area contributed by atoms with Gasteiger partial charge in [0.15, 0.2) is 5.76 Å². The van der Waals surface area contributed by atoms with Crippen LogP contribution in [0.1, 0.15) is 27.4 Å². The van der Waals surface area contributed by atoms with Crippen molar-refractivity contribution in [1.82, 2.24) is 10.3 Å². The van der Waals surface area contributed by atoms with Gasteiger partial charge in [0.2, 0.25) is 0 Å². The Bertz CT molecular complexity index is 578. The molecule has 0 atom stereocenters. The van der Waals surface area contributed by atoms with Crippen LogP contribution in [0.25, 0.3) is 0 Å². The maximum atomic E-state index is 11.5. The zero-order valence-corrected chi connectivity index (χ0v) is 11.7. The van der Waals surface area contributed by atoms with Gasteiger partial charge < -0.3 is 4.42 Å². The largest absolute Gasteiger partial charge is 0.454 e. The van der Waals surface area contributed by atoms with Gasteiger partial charge in [0.25, 0.3) is 0 Å². The lowest BCUT2D eigenvalue weighted by molar-refractivity contribution is 0.0921. The molecule has 0 bridgehead atoms. The van der Waals surface area contributed by atoms with Gasteiger partial charge >= 0.3 is 5.91 Å². The summed E-state index contributed by atoms with van der Waals surface area (Å²) in [5, 5.41) is 0. The highest BCUT2D eigenvalue weighted by molar-refractivity contribution is 5.92. The van der Waals surface area contributed by atoms with Crippen molar-refractivity contribution >= 4 is 5.91 Å². The highest BCUT2D eigenvalue weighted by atomic mass is 16.4. The molecule has 0 fully saturated rings. The number of furan rings is 1. The average molecular weight is 273 g/mol. The van der Waals surface area contributed by atoms with E-state index in [9.17, 15) is 4.79 Å². The quantitative estimate of drug-likeness (QED) is 0.495. The van der Waals surface area contributed by atoms with Gasteiger partial charge in [-0.3, -0.25) is 15.1 Å². The standard InChI is InChI=1S/C15H19N3O2/c1-11-8-13(20-14(11)15(19)17-16)10-18(2)9-12-6-4-3-5-7-12/h3-8H,9-10,16H2,1-2H3,(H,17,19). The first-order valence-electron chi connectivity index (χ1n) is 6.43. The van der Waals surface area contributed by atoms with E-state index < -0.39 is 5.91 Å². The molecule has 0 unspecified atom stereocenters. The van der Waals surface area contributed by atoms with E-state index in [4.69, 9.17) is 10.3 Å². The molecule has 106 valence electrons. The third-order valence-electron chi connectivity index (χ3n) is 3.03. The van der Waals surface area contributed by atoms with Crippen molar-refractivity contribution in [3.8, 4) is 0 Å². The van der Waals surface area contributed by atoms with E-state index in [-0.39, 0.29) is 5.76 Å². The lowest BCUT2D eigenvalue weighted by Gasteiger charge is -2.14. The molecule has 1 aromatic carbocycles. The smallest absolute Gasteiger partial charge is 0.301 e. The van der Waals surface area contributed by atoms with Gasteiger partial charge in [0, 0.05) is 12.1 Å². The summed E-state index contributed by atoms with van der Waals surface area (Å²) in [6.45, 7) is 3.28. The fourth-order valence-electron chi connectivity index (χ4n) is 2.13. The number of hydrogen-bond acceptors (Lipinski definition) is 4. The van der Waals surface area contributed by atoms with Crippen molar-refractivity contribution in [1.29, 1.82) is 0 Å². The number of nitrogens with one attached hydrogen (secondary N) is 1. The fourth-order valence-corrected chi connectivity index (χ4v) is 2.13. The molecule has 2 aromatic rings. The summed E-state index contributed by atoms with van der Waals surface area (Å²) in [7, 11) is 2.01. The third-order valence-corrected chi connectivity index (χ3v) is 3.03. The molecule has 1 amide bonds. The second-order valence-corrected chi connectivity index (χ2v) is 4.86. The van der Waals surface area contributed by atoms with Crippen LogP contribution < -0.4 is 11.3 Å². The van der Waals surface area contributed by atoms with Crippen LogP contribution in [0.2, 0.25) is 0 Å². The number of nitrogens with zero attached hydrogens (tertiary/aromatic N) is 1. The van der Waals surface area contributed by atoms with Gasteiger partial charge in [-0.05, 0) is 25.6 Å². The first kappa shape index (κ1) is 14.3. The molecule has 0 saturated carbocycles. The van der Waals surface area contributed by atoms with Crippen LogP contribution in [0.15, 0.2) is 40.8 Å². The molecule has 0 spiro atoms. The van der Waals surface area contributed by atoms with E-state index >= 15 is 0 Å². The number of amides is 1. The predicted octanol–water partition coefficient (Wildman–Crippen LogP) is 1.82. The fraction of sp³-hybridized carbons (Fsp3) is 0.267. The first-order chi connectivity index (χ1) is 9.60. The van der Waals surface area contributed by atoms with Crippen molar-refractivity contribution in [2.45, 2.75) is 20.0 Å². The van der Waals surface area contributed by atoms with Crippen LogP contribution in [-0.2, 0) is 13.1 Å². The maximum Gasteiger partial charge on any atom is 0.301 e. The summed E-state index contributed by atoms with van der Waals surface area (Å²) in [5.74, 6) is 5.74. The number of benzene rings is 1. The SMILES string of the molecule is Cc1cc(CN(C)Cc2ccccc2)oc1C(=O)NN. The van der Waals surface area contributed by atoms with Gasteiger partial charge in [0.1, 0.15) is 5.76 Å². The number of hydrazine groups is 1. The molecule has 2 rings (SSSR count). The van der Waals surface area contributed by atoms with E-state index in [1.54, 1.807) is 0 Å². The van der Waals surface area contributed by atoms with Crippen molar-refractivity contribution in [2.24, 2.45) is 5.84 Å². The lowest BCUT2D eigenvalue weighted by atomic mass is 10.2. The van der Waals surface area contributed by atoms with E-state index in [0.717, 1.165) is 17.9 Å². The number of rotatable bonds is 5.